The van der Waals surface area contributed by atoms with Crippen LogP contribution in [0.5, 0.6) is 5.75 Å². The van der Waals surface area contributed by atoms with E-state index in [1.165, 1.54) is 0 Å². The second-order valence-corrected chi connectivity index (χ2v) is 6.38. The largest absolute Gasteiger partial charge is 0.497 e. The highest BCUT2D eigenvalue weighted by molar-refractivity contribution is 6.04. The van der Waals surface area contributed by atoms with Crippen molar-refractivity contribution < 1.29 is 14.3 Å². The van der Waals surface area contributed by atoms with Crippen LogP contribution in [0.15, 0.2) is 78.9 Å². The summed E-state index contributed by atoms with van der Waals surface area (Å²) < 4.78 is 5.13. The Morgan fingerprint density at radius 2 is 1.45 bits per heavy atom. The van der Waals surface area contributed by atoms with Crippen molar-refractivity contribution in [3.63, 3.8) is 0 Å². The Labute approximate surface area is 169 Å². The zero-order valence-corrected chi connectivity index (χ0v) is 16.1. The molecule has 0 aliphatic heterocycles. The van der Waals surface area contributed by atoms with Gasteiger partial charge in [-0.25, -0.2) is 4.79 Å². The average molecular weight is 389 g/mol. The lowest BCUT2D eigenvalue weighted by atomic mass is 10.1. The monoisotopic (exact) mass is 389 g/mol. The number of para-hydroxylation sites is 1. The fourth-order valence-electron chi connectivity index (χ4n) is 2.72. The first-order valence-corrected chi connectivity index (χ1v) is 9.28. The molecule has 6 nitrogen and oxygen atoms in total. The van der Waals surface area contributed by atoms with Crippen LogP contribution in [-0.4, -0.2) is 25.6 Å². The molecule has 0 aromatic heterocycles. The van der Waals surface area contributed by atoms with Gasteiger partial charge in [0.25, 0.3) is 5.91 Å². The van der Waals surface area contributed by atoms with Crippen LogP contribution < -0.4 is 20.7 Å². The Kier molecular flexibility index (Phi) is 6.84. The fourth-order valence-corrected chi connectivity index (χ4v) is 2.72. The summed E-state index contributed by atoms with van der Waals surface area (Å²) in [5.74, 6) is 0.604. The second kappa shape index (κ2) is 9.94. The Hall–Kier alpha value is -3.80. The molecule has 0 fully saturated rings. The number of anilines is 2. The van der Waals surface area contributed by atoms with E-state index in [2.05, 4.69) is 16.0 Å². The van der Waals surface area contributed by atoms with Crippen LogP contribution in [0, 0.1) is 0 Å². The SMILES string of the molecule is COc1ccc(CCNC(=O)Nc2ccc(C(=O)Nc3ccccc3)cc2)cc1. The first-order valence-electron chi connectivity index (χ1n) is 9.28. The first-order chi connectivity index (χ1) is 14.1. The number of carbonyl (C=O) groups excluding carboxylic acids is 2. The Morgan fingerprint density at radius 1 is 0.793 bits per heavy atom. The van der Waals surface area contributed by atoms with Crippen LogP contribution in [0.1, 0.15) is 15.9 Å². The minimum Gasteiger partial charge on any atom is -0.497 e. The molecule has 0 aliphatic rings. The van der Waals surface area contributed by atoms with E-state index in [1.807, 2.05) is 54.6 Å². The highest BCUT2D eigenvalue weighted by Gasteiger charge is 2.07. The van der Waals surface area contributed by atoms with Gasteiger partial charge < -0.3 is 20.7 Å². The van der Waals surface area contributed by atoms with Crippen LogP contribution in [0.3, 0.4) is 0 Å². The molecule has 0 heterocycles. The number of carbonyl (C=O) groups is 2. The van der Waals surface area contributed by atoms with E-state index < -0.39 is 0 Å². The lowest BCUT2D eigenvalue weighted by molar-refractivity contribution is 0.102. The molecule has 0 aliphatic carbocycles. The quantitative estimate of drug-likeness (QED) is 0.563. The van der Waals surface area contributed by atoms with Crippen molar-refractivity contribution in [1.29, 1.82) is 0 Å². The van der Waals surface area contributed by atoms with Gasteiger partial charge in [-0.1, -0.05) is 30.3 Å². The van der Waals surface area contributed by atoms with Gasteiger partial charge in [-0.05, 0) is 60.5 Å². The maximum atomic E-state index is 12.2. The number of nitrogens with one attached hydrogen (secondary N) is 3. The normalized spacial score (nSPS) is 10.1. The Morgan fingerprint density at radius 3 is 2.10 bits per heavy atom. The zero-order chi connectivity index (χ0) is 20.5. The lowest BCUT2D eigenvalue weighted by Crippen LogP contribution is -2.30. The zero-order valence-electron chi connectivity index (χ0n) is 16.1. The van der Waals surface area contributed by atoms with Gasteiger partial charge in [0.1, 0.15) is 5.75 Å². The summed E-state index contributed by atoms with van der Waals surface area (Å²) in [6.07, 6.45) is 0.718. The van der Waals surface area contributed by atoms with E-state index in [0.717, 1.165) is 23.4 Å². The summed E-state index contributed by atoms with van der Waals surface area (Å²) in [5, 5.41) is 8.40. The van der Waals surface area contributed by atoms with Crippen LogP contribution in [0.4, 0.5) is 16.2 Å². The number of methoxy groups -OCH3 is 1. The molecule has 0 spiro atoms. The third-order valence-corrected chi connectivity index (χ3v) is 4.29. The molecule has 0 saturated heterocycles. The summed E-state index contributed by atoms with van der Waals surface area (Å²) in [6, 6.07) is 23.4. The van der Waals surface area contributed by atoms with Crippen molar-refractivity contribution in [3.8, 4) is 5.75 Å². The highest BCUT2D eigenvalue weighted by atomic mass is 16.5. The van der Waals surface area contributed by atoms with Gasteiger partial charge in [-0.3, -0.25) is 4.79 Å². The van der Waals surface area contributed by atoms with E-state index in [1.54, 1.807) is 31.4 Å². The van der Waals surface area contributed by atoms with Crippen LogP contribution in [-0.2, 0) is 6.42 Å². The van der Waals surface area contributed by atoms with E-state index in [4.69, 9.17) is 4.74 Å². The molecule has 0 unspecified atom stereocenters. The average Bonchev–Trinajstić information content (AvgIpc) is 2.75. The van der Waals surface area contributed by atoms with Crippen molar-refractivity contribution >= 4 is 23.3 Å². The summed E-state index contributed by atoms with van der Waals surface area (Å²) in [5.41, 5.74) is 2.97. The van der Waals surface area contributed by atoms with Crippen LogP contribution in [0.2, 0.25) is 0 Å². The highest BCUT2D eigenvalue weighted by Crippen LogP contribution is 2.13. The lowest BCUT2D eigenvalue weighted by Gasteiger charge is -2.09. The molecule has 0 radical (unpaired) electrons. The number of hydrogen-bond acceptors (Lipinski definition) is 3. The molecular weight excluding hydrogens is 366 g/mol. The first kappa shape index (κ1) is 19.9. The maximum Gasteiger partial charge on any atom is 0.319 e. The van der Waals surface area contributed by atoms with Gasteiger partial charge in [-0.2, -0.15) is 0 Å². The summed E-state index contributed by atoms with van der Waals surface area (Å²) in [6.45, 7) is 0.510. The van der Waals surface area contributed by atoms with Crippen LogP contribution >= 0.6 is 0 Å². The van der Waals surface area contributed by atoms with Gasteiger partial charge in [0.05, 0.1) is 7.11 Å². The fraction of sp³-hybridized carbons (Fsp3) is 0.130. The van der Waals surface area contributed by atoms with Crippen molar-refractivity contribution in [1.82, 2.24) is 5.32 Å². The van der Waals surface area contributed by atoms with Gasteiger partial charge in [-0.15, -0.1) is 0 Å². The van der Waals surface area contributed by atoms with Gasteiger partial charge in [0, 0.05) is 23.5 Å². The molecule has 0 atom stereocenters. The Balaban J connectivity index is 1.44. The number of amides is 3. The minimum absolute atomic E-state index is 0.202. The molecular formula is C23H23N3O3. The predicted octanol–water partition coefficient (Wildman–Crippen LogP) is 4.31. The minimum atomic E-state index is -0.292. The smallest absolute Gasteiger partial charge is 0.319 e. The molecule has 29 heavy (non-hydrogen) atoms. The van der Waals surface area contributed by atoms with Crippen molar-refractivity contribution in [3.05, 3.63) is 90.0 Å². The van der Waals surface area contributed by atoms with E-state index >= 15 is 0 Å². The molecule has 148 valence electrons. The van der Waals surface area contributed by atoms with E-state index in [9.17, 15) is 9.59 Å². The van der Waals surface area contributed by atoms with Crippen molar-refractivity contribution in [2.45, 2.75) is 6.42 Å². The maximum absolute atomic E-state index is 12.2. The van der Waals surface area contributed by atoms with Crippen LogP contribution in [0.25, 0.3) is 0 Å². The van der Waals surface area contributed by atoms with Gasteiger partial charge in [0.2, 0.25) is 0 Å². The van der Waals surface area contributed by atoms with Gasteiger partial charge in [0.15, 0.2) is 0 Å². The summed E-state index contributed by atoms with van der Waals surface area (Å²) in [4.78, 5) is 24.3. The third-order valence-electron chi connectivity index (χ3n) is 4.29. The number of ether oxygens (including phenoxy) is 1. The molecule has 3 amide bonds. The molecule has 3 N–H and O–H groups in total. The van der Waals surface area contributed by atoms with E-state index in [-0.39, 0.29) is 11.9 Å². The van der Waals surface area contributed by atoms with Gasteiger partial charge >= 0.3 is 6.03 Å². The van der Waals surface area contributed by atoms with E-state index in [0.29, 0.717) is 17.8 Å². The number of hydrogen-bond donors (Lipinski definition) is 3. The molecule has 3 aromatic rings. The van der Waals surface area contributed by atoms with Crippen molar-refractivity contribution in [2.24, 2.45) is 0 Å². The summed E-state index contributed by atoms with van der Waals surface area (Å²) in [7, 11) is 1.63. The number of urea groups is 1. The predicted molar refractivity (Wildman–Crippen MR) is 115 cm³/mol. The molecule has 3 aromatic carbocycles. The topological polar surface area (TPSA) is 79.5 Å². The number of benzene rings is 3. The molecule has 0 saturated carbocycles. The van der Waals surface area contributed by atoms with Crippen molar-refractivity contribution in [2.75, 3.05) is 24.3 Å². The summed E-state index contributed by atoms with van der Waals surface area (Å²) >= 11 is 0. The third kappa shape index (κ3) is 6.10. The number of rotatable bonds is 7. The molecule has 6 heteroatoms. The second-order valence-electron chi connectivity index (χ2n) is 6.38. The Bertz CT molecular complexity index is 939. The molecule has 3 rings (SSSR count). The standard InChI is InChI=1S/C23H23N3O3/c1-29-21-13-7-17(8-14-21)15-16-24-23(28)26-20-11-9-18(10-12-20)22(27)25-19-5-3-2-4-6-19/h2-14H,15-16H2,1H3,(H,25,27)(H2,24,26,28). The molecule has 0 bridgehead atoms.